The van der Waals surface area contributed by atoms with E-state index < -0.39 is 5.97 Å². The van der Waals surface area contributed by atoms with Gasteiger partial charge in [-0.25, -0.2) is 0 Å². The van der Waals surface area contributed by atoms with E-state index in [0.717, 1.165) is 32.1 Å². The van der Waals surface area contributed by atoms with Gasteiger partial charge in [-0.2, -0.15) is 0 Å². The fourth-order valence-electron chi connectivity index (χ4n) is 8.71. The maximum absolute atomic E-state index is 11.5. The Morgan fingerprint density at radius 1 is 1.07 bits per heavy atom. The highest BCUT2D eigenvalue weighted by Crippen LogP contribution is 2.68. The van der Waals surface area contributed by atoms with Gasteiger partial charge >= 0.3 is 0 Å². The van der Waals surface area contributed by atoms with E-state index in [-0.39, 0.29) is 29.5 Å². The summed E-state index contributed by atoms with van der Waals surface area (Å²) < 4.78 is 0. The van der Waals surface area contributed by atoms with Crippen molar-refractivity contribution < 1.29 is 20.1 Å². The topological polar surface area (TPSA) is 80.6 Å². The minimum absolute atomic E-state index is 0.0795. The lowest BCUT2D eigenvalue weighted by molar-refractivity contribution is -0.306. The van der Waals surface area contributed by atoms with Gasteiger partial charge in [0.25, 0.3) is 0 Å². The average molecular weight is 392 g/mol. The van der Waals surface area contributed by atoms with Crippen molar-refractivity contribution in [2.45, 2.75) is 97.2 Å². The molecule has 0 aromatic carbocycles. The van der Waals surface area contributed by atoms with Crippen molar-refractivity contribution in [2.75, 3.05) is 0 Å². The largest absolute Gasteiger partial charge is 0.550 e. The fourth-order valence-corrected chi connectivity index (χ4v) is 8.71. The number of hydrogen-bond donors (Lipinski definition) is 2. The predicted molar refractivity (Wildman–Crippen MR) is 106 cm³/mol. The van der Waals surface area contributed by atoms with Gasteiger partial charge in [0.15, 0.2) is 0 Å². The van der Waals surface area contributed by atoms with Gasteiger partial charge < -0.3 is 20.1 Å². The van der Waals surface area contributed by atoms with Gasteiger partial charge in [0.1, 0.15) is 0 Å². The first-order valence-electron chi connectivity index (χ1n) is 11.7. The predicted octanol–water partition coefficient (Wildman–Crippen LogP) is 3.14. The number of rotatable bonds is 4. The molecule has 2 N–H and O–H groups in total. The van der Waals surface area contributed by atoms with Crippen LogP contribution in [0.1, 0.15) is 85.0 Å². The number of hydrogen-bond acceptors (Lipinski definition) is 4. The second-order valence-corrected chi connectivity index (χ2v) is 11.3. The Hall–Kier alpha value is -0.610. The smallest absolute Gasteiger partial charge is 0.0602 e. The molecule has 0 heterocycles. The molecule has 0 spiro atoms. The molecular weight excluding hydrogens is 352 g/mol. The number of carboxylic acid groups (broad SMARTS) is 1. The third kappa shape index (κ3) is 3.05. The lowest BCUT2D eigenvalue weighted by atomic mass is 9.43. The summed E-state index contributed by atoms with van der Waals surface area (Å²) >= 11 is 0. The number of carbonyl (C=O) groups excluding carboxylic acids is 1. The molecule has 0 saturated heterocycles. The molecule has 4 aliphatic rings. The third-order valence-electron chi connectivity index (χ3n) is 10.3. The van der Waals surface area contributed by atoms with Crippen LogP contribution in [0, 0.1) is 46.3 Å². The van der Waals surface area contributed by atoms with Crippen molar-refractivity contribution in [3.05, 3.63) is 0 Å². The standard InChI is InChI=1S/C24H40O4/c1-14(4-9-22(27)28)18-7-8-19-17-6-5-15-12-16(25)10-11-23(15,2)20(17)13-21(26)24(18,19)3/h14-21,25-26H,4-13H2,1-3H3,(H,27,28)/p-1/t14-,15+,16-,17+,18-,19-,20+,21+,23+,24-/m1/s1. The second kappa shape index (κ2) is 7.27. The zero-order chi connectivity index (χ0) is 20.3. The monoisotopic (exact) mass is 391 g/mol. The van der Waals surface area contributed by atoms with E-state index in [1.165, 1.54) is 19.3 Å². The molecule has 0 unspecified atom stereocenters. The van der Waals surface area contributed by atoms with Crippen molar-refractivity contribution in [3.8, 4) is 0 Å². The summed E-state index contributed by atoms with van der Waals surface area (Å²) in [6.07, 6.45) is 8.98. The van der Waals surface area contributed by atoms with Crippen LogP contribution >= 0.6 is 0 Å². The van der Waals surface area contributed by atoms with Gasteiger partial charge in [0, 0.05) is 5.97 Å². The van der Waals surface area contributed by atoms with Gasteiger partial charge in [-0.15, -0.1) is 0 Å². The fraction of sp³-hybridized carbons (Fsp3) is 0.958. The number of carboxylic acids is 1. The normalized spacial score (nSPS) is 51.7. The first-order valence-corrected chi connectivity index (χ1v) is 11.7. The van der Waals surface area contributed by atoms with E-state index in [9.17, 15) is 20.1 Å². The Morgan fingerprint density at radius 2 is 1.82 bits per heavy atom. The summed E-state index contributed by atoms with van der Waals surface area (Å²) in [5.41, 5.74) is 0.188. The molecular formula is C24H39O4-. The average Bonchev–Trinajstić information content (AvgIpc) is 3.00. The number of aliphatic carboxylic acids is 1. The van der Waals surface area contributed by atoms with Crippen LogP contribution in [0.25, 0.3) is 0 Å². The molecule has 0 radical (unpaired) electrons. The first kappa shape index (κ1) is 20.7. The number of aliphatic hydroxyl groups excluding tert-OH is 2. The Morgan fingerprint density at radius 3 is 2.54 bits per heavy atom. The van der Waals surface area contributed by atoms with Crippen molar-refractivity contribution in [2.24, 2.45) is 46.3 Å². The SMILES string of the molecule is C[C@H](CCC(=O)[O-])[C@H]1CC[C@@H]2[C@@H]3CC[C@H]4C[C@H](O)CC[C@]4(C)[C@H]3C[C@H](O)[C@@]21C. The van der Waals surface area contributed by atoms with Gasteiger partial charge in [0.05, 0.1) is 12.2 Å². The van der Waals surface area contributed by atoms with Crippen molar-refractivity contribution >= 4 is 5.97 Å². The number of fused-ring (bicyclic) bond motifs is 5. The lowest BCUT2D eigenvalue weighted by Crippen LogP contribution is -2.58. The minimum atomic E-state index is -0.957. The molecule has 28 heavy (non-hydrogen) atoms. The van der Waals surface area contributed by atoms with Crippen LogP contribution in [-0.4, -0.2) is 28.4 Å². The molecule has 4 fully saturated rings. The summed E-state index contributed by atoms with van der Waals surface area (Å²) in [5.74, 6) is 2.19. The molecule has 0 amide bonds. The van der Waals surface area contributed by atoms with E-state index >= 15 is 0 Å². The van der Waals surface area contributed by atoms with E-state index in [4.69, 9.17) is 0 Å². The molecule has 4 rings (SSSR count). The summed E-state index contributed by atoms with van der Waals surface area (Å²) in [4.78, 5) is 10.9. The second-order valence-electron chi connectivity index (χ2n) is 11.3. The molecule has 0 aromatic rings. The Labute approximate surface area is 170 Å². The zero-order valence-electron chi connectivity index (χ0n) is 17.9. The highest BCUT2D eigenvalue weighted by atomic mass is 16.4. The highest BCUT2D eigenvalue weighted by Gasteiger charge is 2.63. The van der Waals surface area contributed by atoms with Crippen LogP contribution in [0.4, 0.5) is 0 Å². The van der Waals surface area contributed by atoms with E-state index in [1.54, 1.807) is 0 Å². The van der Waals surface area contributed by atoms with Gasteiger partial charge in [-0.3, -0.25) is 0 Å². The van der Waals surface area contributed by atoms with Gasteiger partial charge in [-0.1, -0.05) is 20.8 Å². The van der Waals surface area contributed by atoms with Crippen LogP contribution in [-0.2, 0) is 4.79 Å². The summed E-state index contributed by atoms with van der Waals surface area (Å²) in [6.45, 7) is 6.94. The summed E-state index contributed by atoms with van der Waals surface area (Å²) in [6, 6.07) is 0. The summed E-state index contributed by atoms with van der Waals surface area (Å²) in [5, 5.41) is 32.6. The van der Waals surface area contributed by atoms with Crippen LogP contribution < -0.4 is 5.11 Å². The molecule has 0 aromatic heterocycles. The maximum atomic E-state index is 11.5. The van der Waals surface area contributed by atoms with Crippen LogP contribution in [0.2, 0.25) is 0 Å². The molecule has 10 atom stereocenters. The molecule has 160 valence electrons. The Kier molecular flexibility index (Phi) is 5.36. The Balaban J connectivity index is 1.56. The number of carbonyl (C=O) groups is 1. The van der Waals surface area contributed by atoms with Crippen LogP contribution in [0.3, 0.4) is 0 Å². The molecule has 4 nitrogen and oxygen atoms in total. The molecule has 4 heteroatoms. The lowest BCUT2D eigenvalue weighted by Gasteiger charge is -2.62. The third-order valence-corrected chi connectivity index (χ3v) is 10.3. The minimum Gasteiger partial charge on any atom is -0.550 e. The van der Waals surface area contributed by atoms with Gasteiger partial charge in [0.2, 0.25) is 0 Å². The molecule has 4 aliphatic carbocycles. The van der Waals surface area contributed by atoms with E-state index in [0.29, 0.717) is 41.9 Å². The maximum Gasteiger partial charge on any atom is 0.0602 e. The first-order chi connectivity index (χ1) is 13.2. The van der Waals surface area contributed by atoms with Crippen molar-refractivity contribution in [3.63, 3.8) is 0 Å². The molecule has 4 saturated carbocycles. The van der Waals surface area contributed by atoms with Gasteiger partial charge in [-0.05, 0) is 111 Å². The highest BCUT2D eigenvalue weighted by molar-refractivity contribution is 5.64. The van der Waals surface area contributed by atoms with Crippen molar-refractivity contribution in [1.82, 2.24) is 0 Å². The number of aliphatic hydroxyl groups is 2. The van der Waals surface area contributed by atoms with E-state index in [2.05, 4.69) is 20.8 Å². The van der Waals surface area contributed by atoms with Crippen molar-refractivity contribution in [1.29, 1.82) is 0 Å². The van der Waals surface area contributed by atoms with Crippen LogP contribution in [0.5, 0.6) is 0 Å². The summed E-state index contributed by atoms with van der Waals surface area (Å²) in [7, 11) is 0. The van der Waals surface area contributed by atoms with E-state index in [1.807, 2.05) is 0 Å². The molecule has 0 aliphatic heterocycles. The Bertz CT molecular complexity index is 605. The zero-order valence-corrected chi connectivity index (χ0v) is 17.9. The molecule has 0 bridgehead atoms. The van der Waals surface area contributed by atoms with Crippen LogP contribution in [0.15, 0.2) is 0 Å². The quantitative estimate of drug-likeness (QED) is 0.771.